The van der Waals surface area contributed by atoms with E-state index < -0.39 is 0 Å². The Balaban J connectivity index is 1.09. The lowest BCUT2D eigenvalue weighted by molar-refractivity contribution is 0.462. The highest BCUT2D eigenvalue weighted by atomic mass is 16.5. The zero-order valence-electron chi connectivity index (χ0n) is 37.3. The first kappa shape index (κ1) is 40.0. The van der Waals surface area contributed by atoms with Crippen LogP contribution in [0.3, 0.4) is 0 Å². The van der Waals surface area contributed by atoms with E-state index in [1.165, 1.54) is 39.0 Å². The lowest BCUT2D eigenvalue weighted by atomic mass is 9.77. The fourth-order valence-electron chi connectivity index (χ4n) is 9.42. The van der Waals surface area contributed by atoms with Gasteiger partial charge in [-0.15, -0.1) is 0 Å². The summed E-state index contributed by atoms with van der Waals surface area (Å²) < 4.78 is 9.52. The van der Waals surface area contributed by atoms with Gasteiger partial charge < -0.3 is 14.5 Å². The third kappa shape index (κ3) is 7.12. The van der Waals surface area contributed by atoms with Crippen molar-refractivity contribution in [1.29, 1.82) is 0 Å². The lowest BCUT2D eigenvalue weighted by Gasteiger charge is -2.30. The van der Waals surface area contributed by atoms with Gasteiger partial charge >= 0.3 is 0 Å². The SMILES string of the molecule is CC(C)(C)c1cccc(N2CN(c3ccc(C(C)(C)c4ccccc4)c(Oc4ccc5c6ccccc6n(-c6cc(C(C)(C)c7ccccc7)ccn6)c5c4)c3)c3ccccc32)c1. The molecule has 2 aromatic heterocycles. The number of nitrogens with zero attached hydrogens (tertiary/aromatic N) is 4. The van der Waals surface area contributed by atoms with Gasteiger partial charge in [-0.05, 0) is 88.3 Å². The van der Waals surface area contributed by atoms with Crippen molar-refractivity contribution in [2.75, 3.05) is 16.5 Å². The van der Waals surface area contributed by atoms with E-state index in [2.05, 4.69) is 245 Å². The summed E-state index contributed by atoms with van der Waals surface area (Å²) in [6.07, 6.45) is 1.94. The van der Waals surface area contributed by atoms with Gasteiger partial charge in [0.15, 0.2) is 0 Å². The topological polar surface area (TPSA) is 33.5 Å². The Morgan fingerprint density at radius 2 is 1.06 bits per heavy atom. The van der Waals surface area contributed by atoms with Crippen molar-refractivity contribution in [2.45, 2.75) is 64.7 Å². The predicted molar refractivity (Wildman–Crippen MR) is 263 cm³/mol. The molecule has 0 spiro atoms. The van der Waals surface area contributed by atoms with E-state index in [0.29, 0.717) is 6.67 Å². The molecule has 0 atom stereocenters. The molecule has 0 aliphatic carbocycles. The maximum Gasteiger partial charge on any atom is 0.137 e. The first-order valence-electron chi connectivity index (χ1n) is 22.1. The van der Waals surface area contributed by atoms with Crippen molar-refractivity contribution < 1.29 is 4.74 Å². The Kier molecular flexibility index (Phi) is 9.75. The molecule has 0 unspecified atom stereocenters. The molecule has 0 amide bonds. The second-order valence-corrected chi connectivity index (χ2v) is 19.0. The first-order valence-corrected chi connectivity index (χ1v) is 22.1. The number of hydrogen-bond acceptors (Lipinski definition) is 4. The van der Waals surface area contributed by atoms with Gasteiger partial charge in [0.2, 0.25) is 0 Å². The molecule has 0 radical (unpaired) electrons. The van der Waals surface area contributed by atoms with Crippen LogP contribution >= 0.6 is 0 Å². The van der Waals surface area contributed by atoms with Gasteiger partial charge in [0.05, 0.1) is 22.4 Å². The minimum absolute atomic E-state index is 0.0414. The molecule has 1 aliphatic rings. The Morgan fingerprint density at radius 1 is 0.460 bits per heavy atom. The summed E-state index contributed by atoms with van der Waals surface area (Å²) in [4.78, 5) is 9.84. The summed E-state index contributed by atoms with van der Waals surface area (Å²) in [5, 5.41) is 2.32. The Bertz CT molecular complexity index is 3120. The second kappa shape index (κ2) is 15.4. The van der Waals surface area contributed by atoms with E-state index in [1.807, 2.05) is 6.20 Å². The van der Waals surface area contributed by atoms with Gasteiger partial charge in [-0.1, -0.05) is 158 Å². The van der Waals surface area contributed by atoms with Crippen LogP contribution in [0.15, 0.2) is 188 Å². The number of benzene rings is 7. The highest BCUT2D eigenvalue weighted by Crippen LogP contribution is 2.48. The fraction of sp³-hybridized carbons (Fsp3) is 0.190. The van der Waals surface area contributed by atoms with Crippen molar-refractivity contribution in [2.24, 2.45) is 0 Å². The molecule has 312 valence electrons. The zero-order chi connectivity index (χ0) is 43.5. The molecule has 0 fully saturated rings. The number of fused-ring (bicyclic) bond motifs is 4. The fourth-order valence-corrected chi connectivity index (χ4v) is 9.42. The Labute approximate surface area is 371 Å². The van der Waals surface area contributed by atoms with Crippen LogP contribution in [0.4, 0.5) is 22.7 Å². The van der Waals surface area contributed by atoms with Crippen LogP contribution in [0.25, 0.3) is 27.6 Å². The molecule has 5 heteroatoms. The first-order chi connectivity index (χ1) is 30.4. The van der Waals surface area contributed by atoms with E-state index in [9.17, 15) is 0 Å². The van der Waals surface area contributed by atoms with Crippen LogP contribution in [0.2, 0.25) is 0 Å². The number of pyridine rings is 1. The second-order valence-electron chi connectivity index (χ2n) is 19.0. The van der Waals surface area contributed by atoms with Crippen LogP contribution in [-0.4, -0.2) is 16.2 Å². The van der Waals surface area contributed by atoms with E-state index in [0.717, 1.165) is 50.7 Å². The maximum absolute atomic E-state index is 7.23. The zero-order valence-corrected chi connectivity index (χ0v) is 37.3. The number of hydrogen-bond donors (Lipinski definition) is 0. The van der Waals surface area contributed by atoms with Gasteiger partial charge in [0.1, 0.15) is 24.0 Å². The maximum atomic E-state index is 7.23. The highest BCUT2D eigenvalue weighted by Gasteiger charge is 2.32. The van der Waals surface area contributed by atoms with Crippen LogP contribution < -0.4 is 14.5 Å². The Hall–Kier alpha value is -7.11. The molecule has 0 bridgehead atoms. The van der Waals surface area contributed by atoms with Crippen molar-refractivity contribution in [1.82, 2.24) is 9.55 Å². The summed E-state index contributed by atoms with van der Waals surface area (Å²) in [5.74, 6) is 2.45. The van der Waals surface area contributed by atoms with E-state index in [-0.39, 0.29) is 16.2 Å². The third-order valence-electron chi connectivity index (χ3n) is 13.3. The molecule has 5 nitrogen and oxygen atoms in total. The molecule has 0 N–H and O–H groups in total. The molecule has 1 aliphatic heterocycles. The third-order valence-corrected chi connectivity index (χ3v) is 13.3. The van der Waals surface area contributed by atoms with Gasteiger partial charge in [-0.3, -0.25) is 4.57 Å². The molecular formula is C58H54N4O. The average molecular weight is 823 g/mol. The normalized spacial score (nSPS) is 13.2. The smallest absolute Gasteiger partial charge is 0.137 e. The van der Waals surface area contributed by atoms with E-state index in [1.54, 1.807) is 0 Å². The van der Waals surface area contributed by atoms with Crippen molar-refractivity contribution >= 4 is 44.6 Å². The molecule has 7 aromatic carbocycles. The molecule has 63 heavy (non-hydrogen) atoms. The van der Waals surface area contributed by atoms with Crippen LogP contribution in [-0.2, 0) is 16.2 Å². The largest absolute Gasteiger partial charge is 0.457 e. The van der Waals surface area contributed by atoms with Gasteiger partial charge in [-0.25, -0.2) is 4.98 Å². The van der Waals surface area contributed by atoms with Crippen LogP contribution in [0.5, 0.6) is 11.5 Å². The summed E-state index contributed by atoms with van der Waals surface area (Å²) in [6, 6.07) is 65.4. The summed E-state index contributed by atoms with van der Waals surface area (Å²) in [6.45, 7) is 16.6. The number of aromatic nitrogens is 2. The van der Waals surface area contributed by atoms with Gasteiger partial charge in [0, 0.05) is 56.9 Å². The van der Waals surface area contributed by atoms with Crippen molar-refractivity contribution in [3.05, 3.63) is 216 Å². The number of ether oxygens (including phenoxy) is 1. The molecule has 9 aromatic rings. The molecule has 10 rings (SSSR count). The summed E-state index contributed by atoms with van der Waals surface area (Å²) in [5.41, 5.74) is 12.3. The number of para-hydroxylation sites is 3. The molecule has 0 saturated carbocycles. The van der Waals surface area contributed by atoms with Gasteiger partial charge in [-0.2, -0.15) is 0 Å². The van der Waals surface area contributed by atoms with Crippen LogP contribution in [0, 0.1) is 0 Å². The average Bonchev–Trinajstić information content (AvgIpc) is 3.85. The molecular weight excluding hydrogens is 769 g/mol. The molecule has 0 saturated heterocycles. The predicted octanol–water partition coefficient (Wildman–Crippen LogP) is 15.2. The van der Waals surface area contributed by atoms with Crippen molar-refractivity contribution in [3.63, 3.8) is 0 Å². The highest BCUT2D eigenvalue weighted by molar-refractivity contribution is 6.09. The standard InChI is InChI=1S/C58H54N4O/c1-56(2,3)42-23-18-24-44(35-42)60-39-61(52-28-17-16-27-51(52)60)45-29-32-49(58(6,7)41-21-12-9-13-22-41)54(37-45)63-46-30-31-48-47-25-14-15-26-50(47)62(53(48)38-46)55-36-43(33-34-59-55)57(4,5)40-19-10-8-11-20-40/h8-38H,39H2,1-7H3. The monoisotopic (exact) mass is 822 g/mol. The van der Waals surface area contributed by atoms with E-state index in [4.69, 9.17) is 9.72 Å². The van der Waals surface area contributed by atoms with Crippen LogP contribution in [0.1, 0.15) is 76.3 Å². The lowest BCUT2D eigenvalue weighted by Crippen LogP contribution is -2.25. The minimum Gasteiger partial charge on any atom is -0.457 e. The van der Waals surface area contributed by atoms with Gasteiger partial charge in [0.25, 0.3) is 0 Å². The quantitative estimate of drug-likeness (QED) is 0.145. The Morgan fingerprint density at radius 3 is 1.76 bits per heavy atom. The summed E-state index contributed by atoms with van der Waals surface area (Å²) >= 11 is 0. The molecule has 3 heterocycles. The van der Waals surface area contributed by atoms with E-state index >= 15 is 0 Å². The number of anilines is 4. The summed E-state index contributed by atoms with van der Waals surface area (Å²) in [7, 11) is 0. The van der Waals surface area contributed by atoms with Crippen molar-refractivity contribution in [3.8, 4) is 17.3 Å². The minimum atomic E-state index is -0.355. The number of rotatable bonds is 9.